The third-order valence-corrected chi connectivity index (χ3v) is 4.06. The topological polar surface area (TPSA) is 35.9 Å². The third kappa shape index (κ3) is 3.64. The second-order valence-corrected chi connectivity index (χ2v) is 5.51. The van der Waals surface area contributed by atoms with E-state index in [4.69, 9.17) is 4.74 Å². The molecule has 1 heterocycles. The number of aromatic hydroxyl groups is 1. The molecule has 0 saturated carbocycles. The first-order chi connectivity index (χ1) is 9.63. The summed E-state index contributed by atoms with van der Waals surface area (Å²) in [4.78, 5) is 4.93. The molecule has 1 unspecified atom stereocenters. The van der Waals surface area contributed by atoms with Gasteiger partial charge in [0, 0.05) is 32.2 Å². The Morgan fingerprint density at radius 2 is 2.10 bits per heavy atom. The summed E-state index contributed by atoms with van der Waals surface area (Å²) in [5, 5.41) is 9.74. The van der Waals surface area contributed by atoms with Gasteiger partial charge in [0.05, 0.1) is 6.61 Å². The Morgan fingerprint density at radius 3 is 2.80 bits per heavy atom. The lowest BCUT2D eigenvalue weighted by Crippen LogP contribution is -2.50. The van der Waals surface area contributed by atoms with Gasteiger partial charge in [-0.15, -0.1) is 0 Å². The number of phenols is 1. The molecule has 1 saturated heterocycles. The van der Waals surface area contributed by atoms with Gasteiger partial charge < -0.3 is 14.7 Å². The lowest BCUT2D eigenvalue weighted by Gasteiger charge is -2.39. The Labute approximate surface area is 122 Å². The second-order valence-electron chi connectivity index (χ2n) is 5.51. The van der Waals surface area contributed by atoms with Crippen LogP contribution in [-0.4, -0.2) is 54.2 Å². The van der Waals surface area contributed by atoms with Crippen molar-refractivity contribution in [2.45, 2.75) is 32.9 Å². The average molecular weight is 278 g/mol. The van der Waals surface area contributed by atoms with Crippen LogP contribution in [0.4, 0.5) is 0 Å². The van der Waals surface area contributed by atoms with Gasteiger partial charge in [-0.2, -0.15) is 0 Å². The van der Waals surface area contributed by atoms with Crippen molar-refractivity contribution >= 4 is 0 Å². The molecule has 112 valence electrons. The van der Waals surface area contributed by atoms with Crippen LogP contribution in [0.1, 0.15) is 25.8 Å². The van der Waals surface area contributed by atoms with E-state index < -0.39 is 0 Å². The van der Waals surface area contributed by atoms with Gasteiger partial charge in [0.1, 0.15) is 0 Å². The molecule has 2 rings (SSSR count). The van der Waals surface area contributed by atoms with Crippen molar-refractivity contribution in [1.82, 2.24) is 9.80 Å². The standard InChI is InChI=1S/C16H26N2O2/c1-4-14-12-18(9-8-17(14)3)11-13-6-7-15(19)16(10-13)20-5-2/h6-7,10,14,19H,4-5,8-9,11-12H2,1-3H3. The van der Waals surface area contributed by atoms with Crippen molar-refractivity contribution in [1.29, 1.82) is 0 Å². The van der Waals surface area contributed by atoms with Crippen LogP contribution >= 0.6 is 0 Å². The number of hydrogen-bond acceptors (Lipinski definition) is 4. The summed E-state index contributed by atoms with van der Waals surface area (Å²) in [6.45, 7) is 9.00. The molecule has 0 spiro atoms. The summed E-state index contributed by atoms with van der Waals surface area (Å²) >= 11 is 0. The number of hydrogen-bond donors (Lipinski definition) is 1. The van der Waals surface area contributed by atoms with Gasteiger partial charge in [-0.3, -0.25) is 4.90 Å². The summed E-state index contributed by atoms with van der Waals surface area (Å²) in [6, 6.07) is 6.32. The first-order valence-corrected chi connectivity index (χ1v) is 7.51. The molecule has 1 aliphatic rings. The van der Waals surface area contributed by atoms with Crippen LogP contribution in [0.5, 0.6) is 11.5 Å². The molecular weight excluding hydrogens is 252 g/mol. The fraction of sp³-hybridized carbons (Fsp3) is 0.625. The maximum Gasteiger partial charge on any atom is 0.161 e. The van der Waals surface area contributed by atoms with E-state index in [1.54, 1.807) is 6.07 Å². The van der Waals surface area contributed by atoms with E-state index in [-0.39, 0.29) is 5.75 Å². The molecule has 1 aromatic rings. The predicted octanol–water partition coefficient (Wildman–Crippen LogP) is 2.32. The number of ether oxygens (including phenoxy) is 1. The number of rotatable bonds is 5. The SMILES string of the molecule is CCOc1cc(CN2CCN(C)C(CC)C2)ccc1O. The molecule has 4 heteroatoms. The van der Waals surface area contributed by atoms with Gasteiger partial charge in [-0.1, -0.05) is 13.0 Å². The van der Waals surface area contributed by atoms with Crippen molar-refractivity contribution in [3.63, 3.8) is 0 Å². The maximum absolute atomic E-state index is 9.74. The van der Waals surface area contributed by atoms with Crippen LogP contribution in [0.15, 0.2) is 18.2 Å². The minimum Gasteiger partial charge on any atom is -0.504 e. The van der Waals surface area contributed by atoms with Crippen LogP contribution in [0.25, 0.3) is 0 Å². The third-order valence-electron chi connectivity index (χ3n) is 4.06. The monoisotopic (exact) mass is 278 g/mol. The van der Waals surface area contributed by atoms with E-state index in [2.05, 4.69) is 23.8 Å². The van der Waals surface area contributed by atoms with Crippen LogP contribution < -0.4 is 4.74 Å². The summed E-state index contributed by atoms with van der Waals surface area (Å²) in [5.41, 5.74) is 1.20. The molecule has 1 atom stereocenters. The van der Waals surface area contributed by atoms with Crippen molar-refractivity contribution in [2.75, 3.05) is 33.3 Å². The minimum absolute atomic E-state index is 0.223. The van der Waals surface area contributed by atoms with Crippen LogP contribution in [-0.2, 0) is 6.54 Å². The van der Waals surface area contributed by atoms with Gasteiger partial charge in [-0.25, -0.2) is 0 Å². The Kier molecular flexibility index (Phi) is 5.26. The highest BCUT2D eigenvalue weighted by atomic mass is 16.5. The van der Waals surface area contributed by atoms with E-state index >= 15 is 0 Å². The smallest absolute Gasteiger partial charge is 0.161 e. The average Bonchev–Trinajstić information content (AvgIpc) is 2.45. The Balaban J connectivity index is 2.01. The van der Waals surface area contributed by atoms with E-state index in [9.17, 15) is 5.11 Å². The van der Waals surface area contributed by atoms with E-state index in [1.165, 1.54) is 12.0 Å². The fourth-order valence-electron chi connectivity index (χ4n) is 2.78. The molecule has 1 fully saturated rings. The summed E-state index contributed by atoms with van der Waals surface area (Å²) in [5.74, 6) is 0.812. The zero-order valence-corrected chi connectivity index (χ0v) is 12.8. The number of likely N-dealkylation sites (N-methyl/N-ethyl adjacent to an activating group) is 1. The summed E-state index contributed by atoms with van der Waals surface area (Å²) in [6.07, 6.45) is 1.19. The zero-order valence-electron chi connectivity index (χ0n) is 12.8. The molecule has 0 aliphatic carbocycles. The summed E-state index contributed by atoms with van der Waals surface area (Å²) < 4.78 is 5.45. The van der Waals surface area contributed by atoms with E-state index in [0.717, 1.165) is 26.2 Å². The van der Waals surface area contributed by atoms with Crippen molar-refractivity contribution in [3.8, 4) is 11.5 Å². The molecule has 0 radical (unpaired) electrons. The Hall–Kier alpha value is -1.26. The zero-order chi connectivity index (χ0) is 14.5. The molecule has 1 N–H and O–H groups in total. The molecule has 1 aromatic carbocycles. The molecular formula is C16H26N2O2. The highest BCUT2D eigenvalue weighted by Gasteiger charge is 2.22. The first-order valence-electron chi connectivity index (χ1n) is 7.51. The largest absolute Gasteiger partial charge is 0.504 e. The lowest BCUT2D eigenvalue weighted by molar-refractivity contribution is 0.0883. The quantitative estimate of drug-likeness (QED) is 0.896. The normalized spacial score (nSPS) is 21.1. The molecule has 0 amide bonds. The van der Waals surface area contributed by atoms with Gasteiger partial charge in [-0.05, 0) is 38.1 Å². The Morgan fingerprint density at radius 1 is 1.30 bits per heavy atom. The Bertz CT molecular complexity index is 436. The number of benzene rings is 1. The summed E-state index contributed by atoms with van der Waals surface area (Å²) in [7, 11) is 2.21. The van der Waals surface area contributed by atoms with Crippen molar-refractivity contribution in [3.05, 3.63) is 23.8 Å². The van der Waals surface area contributed by atoms with Gasteiger partial charge in [0.25, 0.3) is 0 Å². The van der Waals surface area contributed by atoms with Crippen LogP contribution in [0.3, 0.4) is 0 Å². The minimum atomic E-state index is 0.223. The molecule has 0 aromatic heterocycles. The molecule has 1 aliphatic heterocycles. The fourth-order valence-corrected chi connectivity index (χ4v) is 2.78. The molecule has 0 bridgehead atoms. The van der Waals surface area contributed by atoms with E-state index in [0.29, 0.717) is 18.4 Å². The van der Waals surface area contributed by atoms with Gasteiger partial charge in [0.2, 0.25) is 0 Å². The highest BCUT2D eigenvalue weighted by molar-refractivity contribution is 5.41. The second kappa shape index (κ2) is 6.95. The van der Waals surface area contributed by atoms with Crippen LogP contribution in [0, 0.1) is 0 Å². The predicted molar refractivity (Wildman–Crippen MR) is 81.3 cm³/mol. The highest BCUT2D eigenvalue weighted by Crippen LogP contribution is 2.27. The van der Waals surface area contributed by atoms with Crippen molar-refractivity contribution < 1.29 is 9.84 Å². The number of phenolic OH excluding ortho intramolecular Hbond substituents is 1. The first kappa shape index (κ1) is 15.1. The number of piperazine rings is 1. The van der Waals surface area contributed by atoms with Gasteiger partial charge >= 0.3 is 0 Å². The van der Waals surface area contributed by atoms with Crippen LogP contribution in [0.2, 0.25) is 0 Å². The molecule has 20 heavy (non-hydrogen) atoms. The lowest BCUT2D eigenvalue weighted by atomic mass is 10.1. The number of nitrogens with zero attached hydrogens (tertiary/aromatic N) is 2. The molecule has 4 nitrogen and oxygen atoms in total. The van der Waals surface area contributed by atoms with E-state index in [1.807, 2.05) is 19.1 Å². The van der Waals surface area contributed by atoms with Crippen molar-refractivity contribution in [2.24, 2.45) is 0 Å². The maximum atomic E-state index is 9.74. The van der Waals surface area contributed by atoms with Gasteiger partial charge in [0.15, 0.2) is 11.5 Å².